The Morgan fingerprint density at radius 3 is 2.79 bits per heavy atom. The number of aromatic nitrogens is 2. The van der Waals surface area contributed by atoms with Crippen LogP contribution < -0.4 is 9.64 Å². The first kappa shape index (κ1) is 17.5. The molecule has 2 aromatic heterocycles. The highest BCUT2D eigenvalue weighted by Gasteiger charge is 2.21. The van der Waals surface area contributed by atoms with Gasteiger partial charge in [0.1, 0.15) is 6.61 Å². The third kappa shape index (κ3) is 3.25. The normalized spacial score (nSPS) is 13.6. The molecule has 5 nitrogen and oxygen atoms in total. The molecule has 0 spiro atoms. The van der Waals surface area contributed by atoms with E-state index >= 15 is 0 Å². The van der Waals surface area contributed by atoms with E-state index in [1.165, 1.54) is 0 Å². The maximum Gasteiger partial charge on any atom is 0.166 e. The van der Waals surface area contributed by atoms with Crippen molar-refractivity contribution in [2.24, 2.45) is 0 Å². The average Bonchev–Trinajstić information content (AvgIpc) is 2.96. The van der Waals surface area contributed by atoms with Gasteiger partial charge in [-0.25, -0.2) is 0 Å². The number of benzene rings is 2. The maximum absolute atomic E-state index is 10.6. The molecular formula is C24H21N3O2. The second kappa shape index (κ2) is 7.09. The SMILES string of the molecule is Cc1cc(N2CCOc3c(O)cc(-c4cccnc4)cc3C2)c2ccccc2n1. The maximum atomic E-state index is 10.6. The first-order valence-corrected chi connectivity index (χ1v) is 9.69. The van der Waals surface area contributed by atoms with Crippen LogP contribution in [-0.4, -0.2) is 28.2 Å². The molecule has 4 aromatic rings. The van der Waals surface area contributed by atoms with Crippen LogP contribution in [0.15, 0.2) is 67.0 Å². The zero-order chi connectivity index (χ0) is 19.8. The van der Waals surface area contributed by atoms with Gasteiger partial charge in [0.2, 0.25) is 0 Å². The van der Waals surface area contributed by atoms with E-state index in [-0.39, 0.29) is 5.75 Å². The van der Waals surface area contributed by atoms with Crippen LogP contribution in [0, 0.1) is 6.92 Å². The van der Waals surface area contributed by atoms with Gasteiger partial charge in [-0.1, -0.05) is 24.3 Å². The summed E-state index contributed by atoms with van der Waals surface area (Å²) in [5.41, 5.74) is 5.95. The van der Waals surface area contributed by atoms with Crippen molar-refractivity contribution in [2.45, 2.75) is 13.5 Å². The summed E-state index contributed by atoms with van der Waals surface area (Å²) in [6.45, 7) is 3.89. The first-order chi connectivity index (χ1) is 14.2. The number of nitrogens with zero attached hydrogens (tertiary/aromatic N) is 3. The van der Waals surface area contributed by atoms with Crippen molar-refractivity contribution >= 4 is 16.6 Å². The molecule has 0 aliphatic carbocycles. The number of hydrogen-bond donors (Lipinski definition) is 1. The van der Waals surface area contributed by atoms with Crippen molar-refractivity contribution in [1.29, 1.82) is 0 Å². The minimum Gasteiger partial charge on any atom is -0.504 e. The van der Waals surface area contributed by atoms with Gasteiger partial charge in [0.25, 0.3) is 0 Å². The highest BCUT2D eigenvalue weighted by atomic mass is 16.5. The number of anilines is 1. The van der Waals surface area contributed by atoms with Gasteiger partial charge < -0.3 is 14.7 Å². The van der Waals surface area contributed by atoms with Crippen LogP contribution in [0.3, 0.4) is 0 Å². The molecule has 0 saturated heterocycles. The van der Waals surface area contributed by atoms with E-state index in [2.05, 4.69) is 33.1 Å². The predicted octanol–water partition coefficient (Wildman–Crippen LogP) is 4.71. The van der Waals surface area contributed by atoms with Crippen molar-refractivity contribution in [3.8, 4) is 22.6 Å². The lowest BCUT2D eigenvalue weighted by Crippen LogP contribution is -2.25. The Balaban J connectivity index is 1.60. The molecule has 29 heavy (non-hydrogen) atoms. The summed E-state index contributed by atoms with van der Waals surface area (Å²) in [7, 11) is 0. The third-order valence-corrected chi connectivity index (χ3v) is 5.27. The minimum atomic E-state index is 0.166. The topological polar surface area (TPSA) is 58.5 Å². The molecule has 144 valence electrons. The summed E-state index contributed by atoms with van der Waals surface area (Å²) in [6, 6.07) is 18.0. The summed E-state index contributed by atoms with van der Waals surface area (Å²) in [5.74, 6) is 0.731. The highest BCUT2D eigenvalue weighted by molar-refractivity contribution is 5.92. The number of pyridine rings is 2. The molecule has 0 amide bonds. The molecular weight excluding hydrogens is 362 g/mol. The minimum absolute atomic E-state index is 0.166. The van der Waals surface area contributed by atoms with Gasteiger partial charge in [0, 0.05) is 46.8 Å². The Labute approximate surface area is 169 Å². The lowest BCUT2D eigenvalue weighted by Gasteiger charge is -2.24. The smallest absolute Gasteiger partial charge is 0.166 e. The highest BCUT2D eigenvalue weighted by Crippen LogP contribution is 2.39. The number of para-hydroxylation sites is 1. The summed E-state index contributed by atoms with van der Waals surface area (Å²) in [4.78, 5) is 11.2. The number of aromatic hydroxyl groups is 1. The zero-order valence-corrected chi connectivity index (χ0v) is 16.2. The largest absolute Gasteiger partial charge is 0.504 e. The lowest BCUT2D eigenvalue weighted by molar-refractivity contribution is 0.312. The molecule has 0 bridgehead atoms. The zero-order valence-electron chi connectivity index (χ0n) is 16.2. The van der Waals surface area contributed by atoms with Gasteiger partial charge in [-0.3, -0.25) is 9.97 Å². The Kier molecular flexibility index (Phi) is 4.28. The fourth-order valence-corrected chi connectivity index (χ4v) is 3.95. The number of hydrogen-bond acceptors (Lipinski definition) is 5. The Morgan fingerprint density at radius 1 is 1.03 bits per heavy atom. The van der Waals surface area contributed by atoms with E-state index in [0.717, 1.165) is 45.5 Å². The van der Waals surface area contributed by atoms with Crippen molar-refractivity contribution in [3.63, 3.8) is 0 Å². The van der Waals surface area contributed by atoms with Crippen molar-refractivity contribution in [3.05, 3.63) is 78.2 Å². The Hall–Kier alpha value is -3.60. The molecule has 0 radical (unpaired) electrons. The van der Waals surface area contributed by atoms with Gasteiger partial charge in [-0.15, -0.1) is 0 Å². The van der Waals surface area contributed by atoms with Crippen LogP contribution in [0.25, 0.3) is 22.0 Å². The fraction of sp³-hybridized carbons (Fsp3) is 0.167. The molecule has 1 N–H and O–H groups in total. The molecule has 0 saturated carbocycles. The van der Waals surface area contributed by atoms with Gasteiger partial charge in [0.15, 0.2) is 11.5 Å². The lowest BCUT2D eigenvalue weighted by atomic mass is 10.0. The number of fused-ring (bicyclic) bond motifs is 2. The Bertz CT molecular complexity index is 1190. The quantitative estimate of drug-likeness (QED) is 0.543. The van der Waals surface area contributed by atoms with Crippen LogP contribution >= 0.6 is 0 Å². The van der Waals surface area contributed by atoms with E-state index in [1.54, 1.807) is 18.5 Å². The molecule has 5 heteroatoms. The predicted molar refractivity (Wildman–Crippen MR) is 114 cm³/mol. The Morgan fingerprint density at radius 2 is 1.93 bits per heavy atom. The monoisotopic (exact) mass is 383 g/mol. The molecule has 2 aromatic carbocycles. The van der Waals surface area contributed by atoms with Gasteiger partial charge in [-0.05, 0) is 42.8 Å². The first-order valence-electron chi connectivity index (χ1n) is 9.69. The van der Waals surface area contributed by atoms with Gasteiger partial charge in [-0.2, -0.15) is 0 Å². The molecule has 3 heterocycles. The second-order valence-electron chi connectivity index (χ2n) is 7.30. The van der Waals surface area contributed by atoms with Crippen LogP contribution in [0.1, 0.15) is 11.3 Å². The van der Waals surface area contributed by atoms with Crippen LogP contribution in [-0.2, 0) is 6.54 Å². The van der Waals surface area contributed by atoms with Crippen molar-refractivity contribution in [2.75, 3.05) is 18.1 Å². The van der Waals surface area contributed by atoms with Crippen molar-refractivity contribution in [1.82, 2.24) is 9.97 Å². The van der Waals surface area contributed by atoms with Crippen LogP contribution in [0.4, 0.5) is 5.69 Å². The number of aryl methyl sites for hydroxylation is 1. The third-order valence-electron chi connectivity index (χ3n) is 5.27. The second-order valence-corrected chi connectivity index (χ2v) is 7.30. The van der Waals surface area contributed by atoms with Crippen molar-refractivity contribution < 1.29 is 9.84 Å². The van der Waals surface area contributed by atoms with E-state index in [1.807, 2.05) is 37.3 Å². The summed E-state index contributed by atoms with van der Waals surface area (Å²) >= 11 is 0. The molecule has 1 aliphatic heterocycles. The molecule has 1 aliphatic rings. The molecule has 5 rings (SSSR count). The van der Waals surface area contributed by atoms with Gasteiger partial charge in [0.05, 0.1) is 12.1 Å². The number of ether oxygens (including phenoxy) is 1. The molecule has 0 fully saturated rings. The van der Waals surface area contributed by atoms with E-state index < -0.39 is 0 Å². The van der Waals surface area contributed by atoms with E-state index in [4.69, 9.17) is 4.74 Å². The standard InChI is InChI=1S/C24H21N3O2/c1-16-11-22(20-6-2-3-7-21(20)26-16)27-9-10-29-24-19(15-27)12-18(13-23(24)28)17-5-4-8-25-14-17/h2-8,11-14,28H,9-10,15H2,1H3. The van der Waals surface area contributed by atoms with E-state index in [0.29, 0.717) is 18.9 Å². The summed E-state index contributed by atoms with van der Waals surface area (Å²) < 4.78 is 5.94. The number of rotatable bonds is 2. The van der Waals surface area contributed by atoms with E-state index in [9.17, 15) is 5.11 Å². The van der Waals surface area contributed by atoms with Crippen LogP contribution in [0.2, 0.25) is 0 Å². The molecule has 0 unspecified atom stereocenters. The fourth-order valence-electron chi connectivity index (χ4n) is 3.95. The molecule has 0 atom stereocenters. The summed E-state index contributed by atoms with van der Waals surface area (Å²) in [5, 5.41) is 11.7. The van der Waals surface area contributed by atoms with Crippen LogP contribution in [0.5, 0.6) is 11.5 Å². The number of phenolic OH excluding ortho intramolecular Hbond substituents is 1. The van der Waals surface area contributed by atoms with Gasteiger partial charge >= 0.3 is 0 Å². The number of phenols is 1. The average molecular weight is 383 g/mol. The summed E-state index contributed by atoms with van der Waals surface area (Å²) in [6.07, 6.45) is 3.55.